The molecule has 0 aromatic rings. The molecule has 1 aliphatic rings. The highest BCUT2D eigenvalue weighted by Crippen LogP contribution is 2.27. The highest BCUT2D eigenvalue weighted by molar-refractivity contribution is 5.82. The van der Waals surface area contributed by atoms with Gasteiger partial charge in [0.15, 0.2) is 18.5 Å². The lowest BCUT2D eigenvalue weighted by Gasteiger charge is -2.43. The lowest BCUT2D eigenvalue weighted by Crippen LogP contribution is -2.67. The lowest BCUT2D eigenvalue weighted by atomic mass is 9.95. The zero-order chi connectivity index (χ0) is 20.9. The van der Waals surface area contributed by atoms with Crippen molar-refractivity contribution in [2.24, 2.45) is 0 Å². The first-order chi connectivity index (χ1) is 12.3. The minimum Gasteiger partial charge on any atom is -0.463 e. The number of rotatable bonds is 5. The molecule has 1 heterocycles. The van der Waals surface area contributed by atoms with Crippen LogP contribution in [0.3, 0.4) is 0 Å². The van der Waals surface area contributed by atoms with E-state index in [9.17, 15) is 37.5 Å². The van der Waals surface area contributed by atoms with Crippen LogP contribution < -0.4 is 5.32 Å². The summed E-state index contributed by atoms with van der Waals surface area (Å²) in [5.41, 5.74) is 0. The van der Waals surface area contributed by atoms with Crippen LogP contribution in [-0.4, -0.2) is 72.3 Å². The molecule has 0 spiro atoms. The number of halogens is 3. The summed E-state index contributed by atoms with van der Waals surface area (Å²) >= 11 is 0. The van der Waals surface area contributed by atoms with Crippen LogP contribution in [0.4, 0.5) is 13.2 Å². The standard InChI is InChI=1S/C14H18F3NO9/c1-5(19)24-4-8-10(25-6(2)20)9(18-13(23)14(15,16)17)11(12(22)27-8)26-7(3)21/h8-12,22H,4H2,1-3H3,(H,18,23)/t8-,9+,10+,11+,12-/m1/s1. The predicted octanol–water partition coefficient (Wildman–Crippen LogP) is -0.823. The van der Waals surface area contributed by atoms with Crippen molar-refractivity contribution in [3.05, 3.63) is 0 Å². The van der Waals surface area contributed by atoms with E-state index in [0.717, 1.165) is 20.8 Å². The third kappa shape index (κ3) is 6.67. The fourth-order valence-electron chi connectivity index (χ4n) is 2.32. The van der Waals surface area contributed by atoms with E-state index >= 15 is 0 Å². The maximum atomic E-state index is 12.6. The average Bonchev–Trinajstić information content (AvgIpc) is 2.49. The fraction of sp³-hybridized carbons (Fsp3) is 0.714. The van der Waals surface area contributed by atoms with Crippen LogP contribution in [0.2, 0.25) is 0 Å². The van der Waals surface area contributed by atoms with Gasteiger partial charge in [-0.25, -0.2) is 0 Å². The Morgan fingerprint density at radius 2 is 1.52 bits per heavy atom. The first-order valence-electron chi connectivity index (χ1n) is 7.52. The summed E-state index contributed by atoms with van der Waals surface area (Å²) in [6.45, 7) is 2.25. The van der Waals surface area contributed by atoms with Crippen molar-refractivity contribution in [3.8, 4) is 0 Å². The molecule has 2 N–H and O–H groups in total. The van der Waals surface area contributed by atoms with E-state index in [1.807, 2.05) is 0 Å². The lowest BCUT2D eigenvalue weighted by molar-refractivity contribution is -0.272. The van der Waals surface area contributed by atoms with Crippen LogP contribution in [0.5, 0.6) is 0 Å². The third-order valence-corrected chi connectivity index (χ3v) is 3.28. The molecule has 1 aliphatic heterocycles. The van der Waals surface area contributed by atoms with Gasteiger partial charge < -0.3 is 29.4 Å². The topological polar surface area (TPSA) is 137 Å². The van der Waals surface area contributed by atoms with Crippen LogP contribution in [-0.2, 0) is 38.1 Å². The van der Waals surface area contributed by atoms with Crippen LogP contribution in [0.15, 0.2) is 0 Å². The summed E-state index contributed by atoms with van der Waals surface area (Å²) in [4.78, 5) is 44.9. The van der Waals surface area contributed by atoms with Crippen LogP contribution in [0.1, 0.15) is 20.8 Å². The Balaban J connectivity index is 3.23. The highest BCUT2D eigenvalue weighted by atomic mass is 19.4. The second-order valence-electron chi connectivity index (χ2n) is 5.51. The van der Waals surface area contributed by atoms with Crippen molar-refractivity contribution in [1.29, 1.82) is 0 Å². The number of nitrogens with one attached hydrogen (secondary N) is 1. The molecule has 0 unspecified atom stereocenters. The Morgan fingerprint density at radius 1 is 1.00 bits per heavy atom. The van der Waals surface area contributed by atoms with Gasteiger partial charge in [-0.05, 0) is 0 Å². The summed E-state index contributed by atoms with van der Waals surface area (Å²) in [6, 6.07) is -1.84. The maximum Gasteiger partial charge on any atom is 0.471 e. The van der Waals surface area contributed by atoms with Crippen molar-refractivity contribution in [2.45, 2.75) is 57.6 Å². The number of alkyl halides is 3. The van der Waals surface area contributed by atoms with Crippen LogP contribution in [0, 0.1) is 0 Å². The quantitative estimate of drug-likeness (QED) is 0.447. The summed E-state index contributed by atoms with van der Waals surface area (Å²) in [6.07, 6.45) is -12.2. The van der Waals surface area contributed by atoms with Crippen molar-refractivity contribution < 1.29 is 56.4 Å². The van der Waals surface area contributed by atoms with E-state index in [-0.39, 0.29) is 0 Å². The first kappa shape index (κ1) is 22.6. The van der Waals surface area contributed by atoms with Crippen LogP contribution in [0.25, 0.3) is 0 Å². The Bertz CT molecular complexity index is 595. The molecule has 0 aliphatic carbocycles. The van der Waals surface area contributed by atoms with Gasteiger partial charge in [0.1, 0.15) is 18.8 Å². The molecule has 0 saturated carbocycles. The fourth-order valence-corrected chi connectivity index (χ4v) is 2.32. The molecule has 0 radical (unpaired) electrons. The average molecular weight is 401 g/mol. The number of ether oxygens (including phenoxy) is 4. The molecule has 0 bridgehead atoms. The number of aliphatic hydroxyl groups is 1. The number of hydrogen-bond donors (Lipinski definition) is 2. The SMILES string of the molecule is CC(=O)OC[C@H]1O[C@@H](O)[C@@H](OC(C)=O)[C@@H](NC(=O)C(F)(F)F)[C@H]1OC(C)=O. The van der Waals surface area contributed by atoms with E-state index in [1.165, 1.54) is 5.32 Å². The van der Waals surface area contributed by atoms with Gasteiger partial charge in [0.05, 0.1) is 0 Å². The Morgan fingerprint density at radius 3 is 1.96 bits per heavy atom. The summed E-state index contributed by atoms with van der Waals surface area (Å²) < 4.78 is 57.2. The normalized spacial score (nSPS) is 28.0. The predicted molar refractivity (Wildman–Crippen MR) is 76.6 cm³/mol. The summed E-state index contributed by atoms with van der Waals surface area (Å²) in [5.74, 6) is -5.19. The number of hydrogen-bond acceptors (Lipinski definition) is 9. The molecule has 5 atom stereocenters. The van der Waals surface area contributed by atoms with Gasteiger partial charge in [0.2, 0.25) is 0 Å². The van der Waals surface area contributed by atoms with Gasteiger partial charge in [-0.1, -0.05) is 0 Å². The van der Waals surface area contributed by atoms with E-state index in [2.05, 4.69) is 4.74 Å². The Hall–Kier alpha value is -2.41. The molecule has 1 rings (SSSR count). The molecule has 1 amide bonds. The van der Waals surface area contributed by atoms with Crippen molar-refractivity contribution in [1.82, 2.24) is 5.32 Å². The zero-order valence-corrected chi connectivity index (χ0v) is 14.4. The number of esters is 3. The minimum atomic E-state index is -5.31. The monoisotopic (exact) mass is 401 g/mol. The Labute approximate surface area is 150 Å². The van der Waals surface area contributed by atoms with E-state index in [1.54, 1.807) is 0 Å². The molecule has 1 fully saturated rings. The summed E-state index contributed by atoms with van der Waals surface area (Å²) in [7, 11) is 0. The number of carbonyl (C=O) groups excluding carboxylic acids is 4. The van der Waals surface area contributed by atoms with Gasteiger partial charge in [0.25, 0.3) is 0 Å². The molecule has 10 nitrogen and oxygen atoms in total. The van der Waals surface area contributed by atoms with Gasteiger partial charge >= 0.3 is 30.0 Å². The molecule has 1 saturated heterocycles. The number of aliphatic hydroxyl groups excluding tert-OH is 1. The van der Waals surface area contributed by atoms with Gasteiger partial charge in [-0.15, -0.1) is 0 Å². The second-order valence-corrected chi connectivity index (χ2v) is 5.51. The van der Waals surface area contributed by atoms with E-state index in [4.69, 9.17) is 14.2 Å². The third-order valence-electron chi connectivity index (χ3n) is 3.28. The minimum absolute atomic E-state index is 0.616. The highest BCUT2D eigenvalue weighted by Gasteiger charge is 2.52. The maximum absolute atomic E-state index is 12.6. The van der Waals surface area contributed by atoms with Crippen molar-refractivity contribution in [3.63, 3.8) is 0 Å². The molecular weight excluding hydrogens is 383 g/mol. The molecule has 0 aromatic carbocycles. The summed E-state index contributed by atoms with van der Waals surface area (Å²) in [5, 5.41) is 11.5. The Kier molecular flexibility index (Phi) is 7.54. The smallest absolute Gasteiger partial charge is 0.463 e. The van der Waals surface area contributed by atoms with E-state index < -0.39 is 67.2 Å². The van der Waals surface area contributed by atoms with Crippen molar-refractivity contribution in [2.75, 3.05) is 6.61 Å². The molecule has 13 heteroatoms. The second kappa shape index (κ2) is 8.99. The molecule has 27 heavy (non-hydrogen) atoms. The zero-order valence-electron chi connectivity index (χ0n) is 14.4. The number of amides is 1. The number of carbonyl (C=O) groups is 4. The van der Waals surface area contributed by atoms with Crippen LogP contribution >= 0.6 is 0 Å². The van der Waals surface area contributed by atoms with Gasteiger partial charge in [-0.2, -0.15) is 13.2 Å². The van der Waals surface area contributed by atoms with E-state index in [0.29, 0.717) is 0 Å². The molecule has 0 aromatic heterocycles. The molecule has 154 valence electrons. The van der Waals surface area contributed by atoms with Crippen molar-refractivity contribution >= 4 is 23.8 Å². The van der Waals surface area contributed by atoms with Gasteiger partial charge in [-0.3, -0.25) is 19.2 Å². The van der Waals surface area contributed by atoms with Gasteiger partial charge in [0, 0.05) is 20.8 Å². The molecular formula is C14H18F3NO9. The largest absolute Gasteiger partial charge is 0.471 e. The first-order valence-corrected chi connectivity index (χ1v) is 7.52.